The van der Waals surface area contributed by atoms with Crippen LogP contribution in [0.1, 0.15) is 6.92 Å². The van der Waals surface area contributed by atoms with E-state index < -0.39 is 12.7 Å². The third-order valence-corrected chi connectivity index (χ3v) is 1.53. The Morgan fingerprint density at radius 1 is 1.45 bits per heavy atom. The first-order valence-electron chi connectivity index (χ1n) is 3.33. The Bertz CT molecular complexity index is 110. The SMILES string of the molecule is CCN(CCCl)C(F)(F)CF. The second-order valence-electron chi connectivity index (χ2n) is 2.07. The summed E-state index contributed by atoms with van der Waals surface area (Å²) in [6.45, 7) is -0.00748. The van der Waals surface area contributed by atoms with Crippen LogP contribution in [0.25, 0.3) is 0 Å². The van der Waals surface area contributed by atoms with Crippen molar-refractivity contribution in [3.63, 3.8) is 0 Å². The number of alkyl halides is 4. The predicted octanol–water partition coefficient (Wildman–Crippen LogP) is 2.11. The number of rotatable bonds is 5. The number of nitrogens with zero attached hydrogens (tertiary/aromatic N) is 1. The minimum Gasteiger partial charge on any atom is -0.243 e. The van der Waals surface area contributed by atoms with Gasteiger partial charge in [-0.15, -0.1) is 11.6 Å². The van der Waals surface area contributed by atoms with Gasteiger partial charge in [0.05, 0.1) is 0 Å². The van der Waals surface area contributed by atoms with E-state index in [1.165, 1.54) is 6.92 Å². The Kier molecular flexibility index (Phi) is 4.84. The lowest BCUT2D eigenvalue weighted by atomic mass is 10.4. The van der Waals surface area contributed by atoms with Crippen LogP contribution in [0.5, 0.6) is 0 Å². The van der Waals surface area contributed by atoms with E-state index in [2.05, 4.69) is 0 Å². The van der Waals surface area contributed by atoms with Gasteiger partial charge in [-0.25, -0.2) is 9.29 Å². The lowest BCUT2D eigenvalue weighted by Crippen LogP contribution is -2.44. The molecule has 0 aliphatic heterocycles. The molecular formula is C6H11ClF3N. The van der Waals surface area contributed by atoms with Crippen molar-refractivity contribution in [2.75, 3.05) is 25.6 Å². The molecule has 0 unspecified atom stereocenters. The number of hydrogen-bond donors (Lipinski definition) is 0. The second-order valence-corrected chi connectivity index (χ2v) is 2.45. The van der Waals surface area contributed by atoms with Crippen molar-refractivity contribution < 1.29 is 13.2 Å². The van der Waals surface area contributed by atoms with Gasteiger partial charge in [0.1, 0.15) is 0 Å². The molecule has 68 valence electrons. The lowest BCUT2D eigenvalue weighted by Gasteiger charge is -2.26. The average molecular weight is 190 g/mol. The molecule has 0 aromatic rings. The van der Waals surface area contributed by atoms with Crippen LogP contribution in [-0.4, -0.2) is 36.6 Å². The Balaban J connectivity index is 3.99. The molecule has 1 nitrogen and oxygen atoms in total. The maximum Gasteiger partial charge on any atom is 0.333 e. The van der Waals surface area contributed by atoms with E-state index in [1.807, 2.05) is 0 Å². The predicted molar refractivity (Wildman–Crippen MR) is 38.9 cm³/mol. The highest BCUT2D eigenvalue weighted by molar-refractivity contribution is 6.18. The molecule has 0 aliphatic rings. The Hall–Kier alpha value is 0.0400. The highest BCUT2D eigenvalue weighted by Gasteiger charge is 2.35. The molecule has 0 aromatic heterocycles. The molecule has 0 saturated heterocycles. The summed E-state index contributed by atoms with van der Waals surface area (Å²) < 4.78 is 36.7. The van der Waals surface area contributed by atoms with Gasteiger partial charge in [0.2, 0.25) is 0 Å². The van der Waals surface area contributed by atoms with Gasteiger partial charge >= 0.3 is 6.05 Å². The molecule has 0 bridgehead atoms. The highest BCUT2D eigenvalue weighted by Crippen LogP contribution is 2.19. The van der Waals surface area contributed by atoms with Crippen molar-refractivity contribution >= 4 is 11.6 Å². The first-order chi connectivity index (χ1) is 5.08. The first kappa shape index (κ1) is 11.0. The van der Waals surface area contributed by atoms with E-state index in [0.29, 0.717) is 4.90 Å². The Labute approximate surface area is 69.1 Å². The molecule has 0 spiro atoms. The summed E-state index contributed by atoms with van der Waals surface area (Å²) in [4.78, 5) is 0.708. The zero-order valence-corrected chi connectivity index (χ0v) is 7.04. The fourth-order valence-electron chi connectivity index (χ4n) is 0.740. The second kappa shape index (κ2) is 4.83. The van der Waals surface area contributed by atoms with Gasteiger partial charge in [-0.2, -0.15) is 8.78 Å². The van der Waals surface area contributed by atoms with Crippen molar-refractivity contribution in [1.29, 1.82) is 0 Å². The maximum atomic E-state index is 12.5. The fourth-order valence-corrected chi connectivity index (χ4v) is 0.944. The minimum absolute atomic E-state index is 0.00890. The van der Waals surface area contributed by atoms with Gasteiger partial charge < -0.3 is 0 Å². The minimum atomic E-state index is -3.36. The standard InChI is InChI=1S/C6H11ClF3N/c1-2-11(4-3-7)6(9,10)5-8/h2-5H2,1H3. The van der Waals surface area contributed by atoms with Gasteiger partial charge in [-0.05, 0) is 0 Å². The summed E-state index contributed by atoms with van der Waals surface area (Å²) in [6.07, 6.45) is 0. The van der Waals surface area contributed by atoms with Gasteiger partial charge in [0.25, 0.3) is 0 Å². The summed E-state index contributed by atoms with van der Waals surface area (Å²) in [5.41, 5.74) is 0. The summed E-state index contributed by atoms with van der Waals surface area (Å²) in [5, 5.41) is 0. The van der Waals surface area contributed by atoms with Crippen LogP contribution in [0.4, 0.5) is 13.2 Å². The van der Waals surface area contributed by atoms with E-state index >= 15 is 0 Å². The molecule has 0 atom stereocenters. The molecule has 0 aromatic carbocycles. The van der Waals surface area contributed by atoms with Crippen molar-refractivity contribution in [1.82, 2.24) is 4.90 Å². The van der Waals surface area contributed by atoms with Gasteiger partial charge in [-0.1, -0.05) is 6.92 Å². The molecule has 0 saturated carbocycles. The molecule has 0 N–H and O–H groups in total. The van der Waals surface area contributed by atoms with E-state index in [4.69, 9.17) is 11.6 Å². The molecular weight excluding hydrogens is 179 g/mol. The smallest absolute Gasteiger partial charge is 0.243 e. The van der Waals surface area contributed by atoms with Crippen LogP contribution in [0.15, 0.2) is 0 Å². The van der Waals surface area contributed by atoms with Gasteiger partial charge in [0, 0.05) is 19.0 Å². The average Bonchev–Trinajstić information content (AvgIpc) is 2.00. The monoisotopic (exact) mass is 189 g/mol. The normalized spacial score (nSPS) is 12.5. The highest BCUT2D eigenvalue weighted by atomic mass is 35.5. The zero-order chi connectivity index (χ0) is 8.91. The van der Waals surface area contributed by atoms with Gasteiger partial charge in [-0.3, -0.25) is 0 Å². The Morgan fingerprint density at radius 3 is 2.27 bits per heavy atom. The lowest BCUT2D eigenvalue weighted by molar-refractivity contribution is -0.153. The van der Waals surface area contributed by atoms with Crippen molar-refractivity contribution in [3.05, 3.63) is 0 Å². The summed E-state index contributed by atoms with van der Waals surface area (Å²) in [6, 6.07) is -3.36. The van der Waals surface area contributed by atoms with E-state index in [0.717, 1.165) is 0 Å². The van der Waals surface area contributed by atoms with E-state index in [-0.39, 0.29) is 19.0 Å². The maximum absolute atomic E-state index is 12.5. The van der Waals surface area contributed by atoms with E-state index in [1.54, 1.807) is 0 Å². The molecule has 0 rings (SSSR count). The molecule has 0 amide bonds. The van der Waals surface area contributed by atoms with Crippen LogP contribution < -0.4 is 0 Å². The zero-order valence-electron chi connectivity index (χ0n) is 6.29. The molecule has 5 heteroatoms. The van der Waals surface area contributed by atoms with Gasteiger partial charge in [0.15, 0.2) is 6.67 Å². The first-order valence-corrected chi connectivity index (χ1v) is 3.86. The fraction of sp³-hybridized carbons (Fsp3) is 1.00. The van der Waals surface area contributed by atoms with Crippen molar-refractivity contribution in [2.24, 2.45) is 0 Å². The van der Waals surface area contributed by atoms with Crippen LogP contribution in [0, 0.1) is 0 Å². The van der Waals surface area contributed by atoms with Crippen molar-refractivity contribution in [3.8, 4) is 0 Å². The number of halogens is 4. The topological polar surface area (TPSA) is 3.24 Å². The number of hydrogen-bond acceptors (Lipinski definition) is 1. The third kappa shape index (κ3) is 3.29. The summed E-state index contributed by atoms with van der Waals surface area (Å²) in [5.74, 6) is 0.0867. The van der Waals surface area contributed by atoms with Crippen LogP contribution in [-0.2, 0) is 0 Å². The summed E-state index contributed by atoms with van der Waals surface area (Å²) >= 11 is 5.24. The van der Waals surface area contributed by atoms with Crippen LogP contribution in [0.2, 0.25) is 0 Å². The quantitative estimate of drug-likeness (QED) is 0.473. The molecule has 0 fully saturated rings. The van der Waals surface area contributed by atoms with Crippen LogP contribution >= 0.6 is 11.6 Å². The van der Waals surface area contributed by atoms with E-state index in [9.17, 15) is 13.2 Å². The largest absolute Gasteiger partial charge is 0.333 e. The molecule has 0 radical (unpaired) electrons. The molecule has 0 heterocycles. The Morgan fingerprint density at radius 2 is 2.00 bits per heavy atom. The molecule has 11 heavy (non-hydrogen) atoms. The molecule has 0 aliphatic carbocycles. The van der Waals surface area contributed by atoms with Crippen molar-refractivity contribution in [2.45, 2.75) is 13.0 Å². The summed E-state index contributed by atoms with van der Waals surface area (Å²) in [7, 11) is 0. The third-order valence-electron chi connectivity index (χ3n) is 1.36. The van der Waals surface area contributed by atoms with Crippen LogP contribution in [0.3, 0.4) is 0 Å².